The number of anilines is 1. The normalized spacial score (nSPS) is 10.7. The van der Waals surface area contributed by atoms with Gasteiger partial charge in [0.1, 0.15) is 5.82 Å². The van der Waals surface area contributed by atoms with Gasteiger partial charge in [-0.25, -0.2) is 15.0 Å². The Hall–Kier alpha value is -2.46. The second-order valence-electron chi connectivity index (χ2n) is 5.24. The first-order valence-corrected chi connectivity index (χ1v) is 9.67. The van der Waals surface area contributed by atoms with Crippen LogP contribution in [0.2, 0.25) is 0 Å². The van der Waals surface area contributed by atoms with Crippen molar-refractivity contribution in [1.29, 1.82) is 0 Å². The van der Waals surface area contributed by atoms with E-state index in [2.05, 4.69) is 30.5 Å². The number of carbonyl (C=O) groups excluding carboxylic acids is 1. The molecule has 0 aliphatic carbocycles. The van der Waals surface area contributed by atoms with Crippen LogP contribution in [0.5, 0.6) is 0 Å². The van der Waals surface area contributed by atoms with Gasteiger partial charge in [0.2, 0.25) is 11.8 Å². The minimum atomic E-state index is -0.188. The third-order valence-electron chi connectivity index (χ3n) is 2.99. The van der Waals surface area contributed by atoms with Crippen LogP contribution in [0.15, 0.2) is 45.3 Å². The van der Waals surface area contributed by atoms with E-state index in [1.165, 1.54) is 23.5 Å². The van der Waals surface area contributed by atoms with Crippen LogP contribution in [0.1, 0.15) is 17.3 Å². The molecular formula is C16H16N6O2S2. The van der Waals surface area contributed by atoms with E-state index in [0.717, 1.165) is 11.4 Å². The molecule has 0 spiro atoms. The van der Waals surface area contributed by atoms with Crippen LogP contribution in [-0.4, -0.2) is 36.8 Å². The fourth-order valence-electron chi connectivity index (χ4n) is 1.98. The van der Waals surface area contributed by atoms with Crippen molar-refractivity contribution >= 4 is 35.2 Å². The quantitative estimate of drug-likeness (QED) is 0.483. The highest BCUT2D eigenvalue weighted by atomic mass is 32.2. The zero-order valence-electron chi connectivity index (χ0n) is 14.2. The minimum Gasteiger partial charge on any atom is -0.415 e. The lowest BCUT2D eigenvalue weighted by Gasteiger charge is -2.01. The standard InChI is InChI=1S/C16H16N6O2S2/c1-10-7-11(2)19-15(18-10)25-9-14-21-22-16(24-14)26-8-13(23)20-12-5-3-4-6-17-12/h3-7H,8-9H2,1-2H3,(H,17,20,23). The van der Waals surface area contributed by atoms with Gasteiger partial charge < -0.3 is 9.73 Å². The summed E-state index contributed by atoms with van der Waals surface area (Å²) in [6.07, 6.45) is 1.62. The average molecular weight is 388 g/mol. The molecule has 3 rings (SSSR count). The molecule has 3 heterocycles. The maximum Gasteiger partial charge on any atom is 0.277 e. The molecule has 134 valence electrons. The van der Waals surface area contributed by atoms with Gasteiger partial charge in [-0.3, -0.25) is 4.79 Å². The number of hydrogen-bond acceptors (Lipinski definition) is 9. The van der Waals surface area contributed by atoms with Crippen LogP contribution < -0.4 is 5.32 Å². The topological polar surface area (TPSA) is 107 Å². The van der Waals surface area contributed by atoms with Crippen LogP contribution in [-0.2, 0) is 10.5 Å². The number of nitrogens with one attached hydrogen (secondary N) is 1. The summed E-state index contributed by atoms with van der Waals surface area (Å²) in [7, 11) is 0. The zero-order chi connectivity index (χ0) is 18.4. The molecule has 26 heavy (non-hydrogen) atoms. The number of rotatable bonds is 7. The van der Waals surface area contributed by atoms with Gasteiger partial charge in [-0.1, -0.05) is 29.6 Å². The number of aromatic nitrogens is 5. The van der Waals surface area contributed by atoms with Gasteiger partial charge in [0.25, 0.3) is 5.22 Å². The SMILES string of the molecule is Cc1cc(C)nc(SCc2nnc(SCC(=O)Nc3ccccn3)o2)n1. The molecule has 1 N–H and O–H groups in total. The van der Waals surface area contributed by atoms with Crippen molar-refractivity contribution in [3.63, 3.8) is 0 Å². The second kappa shape index (κ2) is 8.77. The highest BCUT2D eigenvalue weighted by Crippen LogP contribution is 2.22. The summed E-state index contributed by atoms with van der Waals surface area (Å²) in [5.74, 6) is 1.41. The van der Waals surface area contributed by atoms with E-state index in [4.69, 9.17) is 4.42 Å². The Balaban J connectivity index is 1.47. The Kier molecular flexibility index (Phi) is 6.18. The van der Waals surface area contributed by atoms with Crippen molar-refractivity contribution in [3.05, 3.63) is 47.7 Å². The number of nitrogens with zero attached hydrogens (tertiary/aromatic N) is 5. The average Bonchev–Trinajstić information content (AvgIpc) is 3.06. The monoisotopic (exact) mass is 388 g/mol. The molecule has 10 heteroatoms. The molecule has 0 saturated carbocycles. The summed E-state index contributed by atoms with van der Waals surface area (Å²) in [6.45, 7) is 3.85. The van der Waals surface area contributed by atoms with Crippen molar-refractivity contribution in [2.75, 3.05) is 11.1 Å². The van der Waals surface area contributed by atoms with Crippen LogP contribution in [0.4, 0.5) is 5.82 Å². The fourth-order valence-corrected chi connectivity index (χ4v) is 3.35. The minimum absolute atomic E-state index is 0.158. The Bertz CT molecular complexity index is 867. The van der Waals surface area contributed by atoms with Gasteiger partial charge in [-0.2, -0.15) is 0 Å². The predicted molar refractivity (Wildman–Crippen MR) is 99.0 cm³/mol. The van der Waals surface area contributed by atoms with E-state index < -0.39 is 0 Å². The van der Waals surface area contributed by atoms with E-state index >= 15 is 0 Å². The summed E-state index contributed by atoms with van der Waals surface area (Å²) < 4.78 is 5.54. The highest BCUT2D eigenvalue weighted by Gasteiger charge is 2.11. The van der Waals surface area contributed by atoms with E-state index in [1.54, 1.807) is 24.4 Å². The first kappa shape index (κ1) is 18.3. The molecule has 1 amide bonds. The van der Waals surface area contributed by atoms with Crippen molar-refractivity contribution in [2.45, 2.75) is 30.0 Å². The summed E-state index contributed by atoms with van der Waals surface area (Å²) in [6, 6.07) is 7.23. The summed E-state index contributed by atoms with van der Waals surface area (Å²) in [5, 5.41) is 11.6. The Morgan fingerprint density at radius 3 is 2.69 bits per heavy atom. The maximum absolute atomic E-state index is 11.9. The van der Waals surface area contributed by atoms with E-state index in [1.807, 2.05) is 19.9 Å². The zero-order valence-corrected chi connectivity index (χ0v) is 15.8. The lowest BCUT2D eigenvalue weighted by atomic mass is 10.4. The van der Waals surface area contributed by atoms with Crippen molar-refractivity contribution in [3.8, 4) is 0 Å². The molecule has 0 atom stereocenters. The van der Waals surface area contributed by atoms with Crippen molar-refractivity contribution in [1.82, 2.24) is 25.1 Å². The molecule has 0 aliphatic rings. The third-order valence-corrected chi connectivity index (χ3v) is 4.64. The van der Waals surface area contributed by atoms with E-state index in [-0.39, 0.29) is 11.7 Å². The lowest BCUT2D eigenvalue weighted by molar-refractivity contribution is -0.113. The van der Waals surface area contributed by atoms with Crippen LogP contribution >= 0.6 is 23.5 Å². The Labute approximate surface area is 158 Å². The molecule has 3 aromatic heterocycles. The van der Waals surface area contributed by atoms with E-state index in [9.17, 15) is 4.79 Å². The molecule has 0 bridgehead atoms. The smallest absolute Gasteiger partial charge is 0.277 e. The number of hydrogen-bond donors (Lipinski definition) is 1. The molecule has 0 radical (unpaired) electrons. The molecule has 0 unspecified atom stereocenters. The maximum atomic E-state index is 11.9. The van der Waals surface area contributed by atoms with Crippen LogP contribution in [0, 0.1) is 13.8 Å². The highest BCUT2D eigenvalue weighted by molar-refractivity contribution is 7.99. The van der Waals surface area contributed by atoms with E-state index in [0.29, 0.717) is 27.8 Å². The fraction of sp³-hybridized carbons (Fsp3) is 0.250. The van der Waals surface area contributed by atoms with Gasteiger partial charge in [0.15, 0.2) is 5.16 Å². The van der Waals surface area contributed by atoms with Gasteiger partial charge >= 0.3 is 0 Å². The van der Waals surface area contributed by atoms with Crippen LogP contribution in [0.3, 0.4) is 0 Å². The first-order chi connectivity index (χ1) is 12.6. The second-order valence-corrected chi connectivity index (χ2v) is 7.10. The Morgan fingerprint density at radius 2 is 1.96 bits per heavy atom. The molecular weight excluding hydrogens is 372 g/mol. The molecule has 0 aliphatic heterocycles. The van der Waals surface area contributed by atoms with Gasteiger partial charge in [-0.15, -0.1) is 10.2 Å². The number of thioether (sulfide) groups is 2. The van der Waals surface area contributed by atoms with Crippen LogP contribution in [0.25, 0.3) is 0 Å². The summed E-state index contributed by atoms with van der Waals surface area (Å²) >= 11 is 2.60. The summed E-state index contributed by atoms with van der Waals surface area (Å²) in [4.78, 5) is 24.6. The first-order valence-electron chi connectivity index (χ1n) is 7.69. The van der Waals surface area contributed by atoms with Gasteiger partial charge in [0.05, 0.1) is 11.5 Å². The van der Waals surface area contributed by atoms with Gasteiger partial charge in [0, 0.05) is 17.6 Å². The lowest BCUT2D eigenvalue weighted by Crippen LogP contribution is -2.14. The Morgan fingerprint density at radius 1 is 1.15 bits per heavy atom. The predicted octanol–water partition coefficient (Wildman–Crippen LogP) is 2.89. The van der Waals surface area contributed by atoms with Crippen molar-refractivity contribution < 1.29 is 9.21 Å². The molecule has 0 fully saturated rings. The number of carbonyl (C=O) groups is 1. The largest absolute Gasteiger partial charge is 0.415 e. The van der Waals surface area contributed by atoms with Gasteiger partial charge in [-0.05, 0) is 32.0 Å². The number of amides is 1. The molecule has 3 aromatic rings. The molecule has 0 aromatic carbocycles. The number of pyridine rings is 1. The molecule has 0 saturated heterocycles. The third kappa shape index (κ3) is 5.53. The molecule has 8 nitrogen and oxygen atoms in total. The van der Waals surface area contributed by atoms with Crippen molar-refractivity contribution in [2.24, 2.45) is 0 Å². The summed E-state index contributed by atoms with van der Waals surface area (Å²) in [5.41, 5.74) is 1.83. The number of aryl methyl sites for hydroxylation is 2.